The van der Waals surface area contributed by atoms with Crippen LogP contribution in [-0.2, 0) is 0 Å². The first kappa shape index (κ1) is 18.1. The third-order valence-electron chi connectivity index (χ3n) is 4.49. The Balaban J connectivity index is 1.65. The van der Waals surface area contributed by atoms with Crippen molar-refractivity contribution in [1.82, 2.24) is 14.9 Å². The Morgan fingerprint density at radius 3 is 2.68 bits per heavy atom. The minimum Gasteiger partial charge on any atom is -0.363 e. The van der Waals surface area contributed by atoms with Gasteiger partial charge in [-0.2, -0.15) is 18.3 Å². The van der Waals surface area contributed by atoms with Crippen LogP contribution in [0, 0.1) is 6.92 Å². The highest BCUT2D eigenvalue weighted by molar-refractivity contribution is 6.02. The van der Waals surface area contributed by atoms with Crippen molar-refractivity contribution < 1.29 is 22.5 Å². The summed E-state index contributed by atoms with van der Waals surface area (Å²) in [6.45, 7) is 1.65. The molecule has 7 nitrogen and oxygen atoms in total. The number of hydrogen-bond donors (Lipinski definition) is 2. The normalized spacial score (nSPS) is 19.0. The number of carbonyl (C=O) groups is 1. The predicted octanol–water partition coefficient (Wildman–Crippen LogP) is 4.09. The maximum Gasteiger partial charge on any atom is 0.410 e. The van der Waals surface area contributed by atoms with Crippen molar-refractivity contribution in [2.45, 2.75) is 31.6 Å². The van der Waals surface area contributed by atoms with Crippen molar-refractivity contribution in [3.05, 3.63) is 59.5 Å². The van der Waals surface area contributed by atoms with E-state index in [1.165, 1.54) is 12.1 Å². The molecule has 0 saturated heterocycles. The lowest BCUT2D eigenvalue weighted by Gasteiger charge is -2.33. The third kappa shape index (κ3) is 3.45. The van der Waals surface area contributed by atoms with Gasteiger partial charge in [0, 0.05) is 18.6 Å². The number of alkyl halides is 3. The molecule has 146 valence electrons. The number of amides is 1. The predicted molar refractivity (Wildman–Crippen MR) is 93.9 cm³/mol. The van der Waals surface area contributed by atoms with Crippen LogP contribution in [0.25, 0.3) is 0 Å². The number of nitrogens with zero attached hydrogens (tertiary/aromatic N) is 3. The van der Waals surface area contributed by atoms with E-state index in [0.29, 0.717) is 5.76 Å². The SMILES string of the molecule is Cc1cc(NC(=O)c2cc3n(n2)C(C(F)(F)F)CC(c2ccccc2)N3)no1. The van der Waals surface area contributed by atoms with Crippen molar-refractivity contribution >= 4 is 17.5 Å². The van der Waals surface area contributed by atoms with Gasteiger partial charge >= 0.3 is 6.18 Å². The number of nitrogens with one attached hydrogen (secondary N) is 2. The van der Waals surface area contributed by atoms with E-state index in [0.717, 1.165) is 10.2 Å². The molecule has 2 atom stereocenters. The molecule has 0 bridgehead atoms. The van der Waals surface area contributed by atoms with Crippen LogP contribution in [0.4, 0.5) is 24.8 Å². The molecule has 4 rings (SSSR count). The van der Waals surface area contributed by atoms with Crippen LogP contribution in [-0.4, -0.2) is 27.0 Å². The van der Waals surface area contributed by atoms with Crippen LogP contribution in [0.3, 0.4) is 0 Å². The lowest BCUT2D eigenvalue weighted by Crippen LogP contribution is -2.35. The van der Waals surface area contributed by atoms with Crippen LogP contribution in [0.15, 0.2) is 47.0 Å². The fourth-order valence-electron chi connectivity index (χ4n) is 3.19. The van der Waals surface area contributed by atoms with Gasteiger partial charge in [0.1, 0.15) is 11.6 Å². The third-order valence-corrected chi connectivity index (χ3v) is 4.49. The van der Waals surface area contributed by atoms with Gasteiger partial charge in [0.15, 0.2) is 17.6 Å². The molecular weight excluding hydrogens is 375 g/mol. The van der Waals surface area contributed by atoms with Gasteiger partial charge in [-0.3, -0.25) is 4.79 Å². The molecule has 0 spiro atoms. The molecule has 2 N–H and O–H groups in total. The first-order valence-electron chi connectivity index (χ1n) is 8.53. The Morgan fingerprint density at radius 2 is 2.04 bits per heavy atom. The molecule has 1 aromatic carbocycles. The second-order valence-corrected chi connectivity index (χ2v) is 6.54. The van der Waals surface area contributed by atoms with E-state index in [-0.39, 0.29) is 23.8 Å². The number of rotatable bonds is 3. The molecule has 0 saturated carbocycles. The summed E-state index contributed by atoms with van der Waals surface area (Å²) >= 11 is 0. The number of carbonyl (C=O) groups excluding carboxylic acids is 1. The minimum atomic E-state index is -4.51. The number of anilines is 2. The van der Waals surface area contributed by atoms with Gasteiger partial charge in [0.25, 0.3) is 5.91 Å². The lowest BCUT2D eigenvalue weighted by atomic mass is 9.97. The standard InChI is InChI=1S/C18H16F3N5O2/c1-10-7-15(25-28-10)23-17(27)13-9-16-22-12(11-5-3-2-4-6-11)8-14(18(19,20)21)26(16)24-13/h2-7,9,12,14,22H,8H2,1H3,(H,23,25,27). The second kappa shape index (κ2) is 6.70. The zero-order valence-corrected chi connectivity index (χ0v) is 14.7. The van der Waals surface area contributed by atoms with E-state index in [9.17, 15) is 18.0 Å². The van der Waals surface area contributed by atoms with Gasteiger partial charge in [-0.15, -0.1) is 0 Å². The first-order chi connectivity index (χ1) is 13.3. The maximum atomic E-state index is 13.7. The Bertz CT molecular complexity index is 996. The summed E-state index contributed by atoms with van der Waals surface area (Å²) in [6, 6.07) is 9.26. The zero-order valence-electron chi connectivity index (χ0n) is 14.7. The van der Waals surface area contributed by atoms with Gasteiger partial charge in [0.05, 0.1) is 6.04 Å². The Morgan fingerprint density at radius 1 is 1.29 bits per heavy atom. The van der Waals surface area contributed by atoms with Crippen LogP contribution in [0.5, 0.6) is 0 Å². The van der Waals surface area contributed by atoms with E-state index in [1.54, 1.807) is 37.3 Å². The van der Waals surface area contributed by atoms with Gasteiger partial charge in [-0.05, 0) is 12.5 Å². The summed E-state index contributed by atoms with van der Waals surface area (Å²) in [6.07, 6.45) is -4.74. The topological polar surface area (TPSA) is 85.0 Å². The summed E-state index contributed by atoms with van der Waals surface area (Å²) in [7, 11) is 0. The van der Waals surface area contributed by atoms with E-state index >= 15 is 0 Å². The molecule has 1 aliphatic rings. The van der Waals surface area contributed by atoms with Crippen LogP contribution >= 0.6 is 0 Å². The molecule has 0 aliphatic carbocycles. The number of hydrogen-bond acceptors (Lipinski definition) is 5. The van der Waals surface area contributed by atoms with Crippen molar-refractivity contribution in [2.24, 2.45) is 0 Å². The molecule has 2 unspecified atom stereocenters. The summed E-state index contributed by atoms with van der Waals surface area (Å²) < 4.78 is 46.7. The average Bonchev–Trinajstić information content (AvgIpc) is 3.26. The summed E-state index contributed by atoms with van der Waals surface area (Å²) in [5, 5.41) is 13.0. The van der Waals surface area contributed by atoms with Crippen molar-refractivity contribution in [2.75, 3.05) is 10.6 Å². The van der Waals surface area contributed by atoms with Gasteiger partial charge in [-0.25, -0.2) is 4.68 Å². The highest BCUT2D eigenvalue weighted by Gasteiger charge is 2.46. The minimum absolute atomic E-state index is 0.129. The van der Waals surface area contributed by atoms with Crippen LogP contribution < -0.4 is 10.6 Å². The fourth-order valence-corrected chi connectivity index (χ4v) is 3.19. The van der Waals surface area contributed by atoms with Gasteiger partial charge in [0.2, 0.25) is 0 Å². The molecule has 10 heteroatoms. The fraction of sp³-hybridized carbons (Fsp3) is 0.278. The average molecular weight is 391 g/mol. The molecule has 28 heavy (non-hydrogen) atoms. The van der Waals surface area contributed by atoms with E-state index in [2.05, 4.69) is 20.9 Å². The van der Waals surface area contributed by atoms with Crippen molar-refractivity contribution in [3.8, 4) is 0 Å². The first-order valence-corrected chi connectivity index (χ1v) is 8.53. The zero-order chi connectivity index (χ0) is 19.9. The Hall–Kier alpha value is -3.30. The number of aryl methyl sites for hydroxylation is 1. The largest absolute Gasteiger partial charge is 0.410 e. The molecule has 1 amide bonds. The molecule has 0 fully saturated rings. The van der Waals surface area contributed by atoms with Crippen molar-refractivity contribution in [1.29, 1.82) is 0 Å². The second-order valence-electron chi connectivity index (χ2n) is 6.54. The molecular formula is C18H16F3N5O2. The van der Waals surface area contributed by atoms with E-state index in [1.807, 2.05) is 0 Å². The Kier molecular flexibility index (Phi) is 4.33. The van der Waals surface area contributed by atoms with Crippen LogP contribution in [0.1, 0.15) is 40.3 Å². The monoisotopic (exact) mass is 391 g/mol. The van der Waals surface area contributed by atoms with Gasteiger partial charge < -0.3 is 15.2 Å². The lowest BCUT2D eigenvalue weighted by molar-refractivity contribution is -0.173. The molecule has 3 aromatic rings. The highest BCUT2D eigenvalue weighted by Crippen LogP contribution is 2.43. The number of fused-ring (bicyclic) bond motifs is 1. The Labute approximate surface area is 157 Å². The summed E-state index contributed by atoms with van der Waals surface area (Å²) in [4.78, 5) is 12.4. The molecule has 2 aromatic heterocycles. The maximum absolute atomic E-state index is 13.7. The molecule has 0 radical (unpaired) electrons. The number of halogens is 3. The quantitative estimate of drug-likeness (QED) is 0.702. The van der Waals surface area contributed by atoms with E-state index in [4.69, 9.17) is 4.52 Å². The smallest absolute Gasteiger partial charge is 0.363 e. The van der Waals surface area contributed by atoms with Gasteiger partial charge in [-0.1, -0.05) is 35.5 Å². The summed E-state index contributed by atoms with van der Waals surface area (Å²) in [5.74, 6) is 0.109. The van der Waals surface area contributed by atoms with Crippen LogP contribution in [0.2, 0.25) is 0 Å². The van der Waals surface area contributed by atoms with Crippen molar-refractivity contribution in [3.63, 3.8) is 0 Å². The molecule has 3 heterocycles. The number of aromatic nitrogens is 3. The highest BCUT2D eigenvalue weighted by atomic mass is 19.4. The number of benzene rings is 1. The summed E-state index contributed by atoms with van der Waals surface area (Å²) in [5.41, 5.74) is 0.583. The van der Waals surface area contributed by atoms with E-state index < -0.39 is 24.2 Å². The molecule has 1 aliphatic heterocycles.